The smallest absolute Gasteiger partial charge is 0.225 e. The van der Waals surface area contributed by atoms with Crippen molar-refractivity contribution in [2.45, 2.75) is 30.7 Å². The molecule has 1 N–H and O–H groups in total. The molecule has 0 bridgehead atoms. The zero-order chi connectivity index (χ0) is 19.8. The summed E-state index contributed by atoms with van der Waals surface area (Å²) in [7, 11) is 0. The number of aliphatic hydroxyl groups is 1. The van der Waals surface area contributed by atoms with E-state index in [9.17, 15) is 5.11 Å². The summed E-state index contributed by atoms with van der Waals surface area (Å²) in [5.74, 6) is 1.76. The van der Waals surface area contributed by atoms with Crippen molar-refractivity contribution in [2.24, 2.45) is 0 Å². The fourth-order valence-corrected chi connectivity index (χ4v) is 4.93. The van der Waals surface area contributed by atoms with Gasteiger partial charge >= 0.3 is 0 Å². The first-order valence-electron chi connectivity index (χ1n) is 10.0. The van der Waals surface area contributed by atoms with Gasteiger partial charge in [0.1, 0.15) is 12.4 Å². The maximum absolute atomic E-state index is 9.71. The number of aliphatic hydroxyl groups excluding tert-OH is 1. The highest BCUT2D eigenvalue weighted by Gasteiger charge is 2.34. The predicted molar refractivity (Wildman–Crippen MR) is 115 cm³/mol. The van der Waals surface area contributed by atoms with Crippen molar-refractivity contribution < 1.29 is 9.84 Å². The maximum atomic E-state index is 9.71. The molecule has 3 aromatic rings. The fraction of sp³-hybridized carbons (Fsp3) is 0.476. The number of benzene rings is 1. The van der Waals surface area contributed by atoms with Crippen LogP contribution in [0.3, 0.4) is 0 Å². The molecule has 2 aliphatic heterocycles. The van der Waals surface area contributed by atoms with Gasteiger partial charge in [-0.25, -0.2) is 15.0 Å². The molecule has 2 aromatic heterocycles. The van der Waals surface area contributed by atoms with Gasteiger partial charge in [-0.05, 0) is 36.8 Å². The van der Waals surface area contributed by atoms with E-state index in [1.807, 2.05) is 12.4 Å². The van der Waals surface area contributed by atoms with Gasteiger partial charge < -0.3 is 19.3 Å². The summed E-state index contributed by atoms with van der Waals surface area (Å²) in [4.78, 5) is 16.2. The number of ether oxygens (including phenoxy) is 1. The number of rotatable bonds is 4. The lowest BCUT2D eigenvalue weighted by Crippen LogP contribution is -2.45. The molecule has 0 saturated carbocycles. The van der Waals surface area contributed by atoms with Crippen molar-refractivity contribution in [3.05, 3.63) is 36.4 Å². The van der Waals surface area contributed by atoms with Gasteiger partial charge in [-0.15, -0.1) is 0 Å². The number of hydrogen-bond acceptors (Lipinski definition) is 7. The van der Waals surface area contributed by atoms with Crippen LogP contribution in [0.2, 0.25) is 0 Å². The number of nitrogens with zero attached hydrogens (tertiary/aromatic N) is 5. The fourth-order valence-electron chi connectivity index (χ4n) is 4.21. The van der Waals surface area contributed by atoms with Gasteiger partial charge in [0.25, 0.3) is 0 Å². The molecule has 0 unspecified atom stereocenters. The van der Waals surface area contributed by atoms with Crippen LogP contribution in [0.1, 0.15) is 18.7 Å². The quantitative estimate of drug-likeness (QED) is 0.707. The molecule has 1 aromatic carbocycles. The number of piperidine rings is 1. The molecule has 4 heterocycles. The Morgan fingerprint density at radius 3 is 2.66 bits per heavy atom. The summed E-state index contributed by atoms with van der Waals surface area (Å²) < 4.78 is 7.74. The molecule has 7 nitrogen and oxygen atoms in total. The average molecular weight is 412 g/mol. The molecule has 8 heteroatoms. The Morgan fingerprint density at radius 1 is 1.14 bits per heavy atom. The number of hydrogen-bond donors (Lipinski definition) is 1. The number of fused-ring (bicyclic) bond motifs is 3. The zero-order valence-electron chi connectivity index (χ0n) is 16.5. The van der Waals surface area contributed by atoms with E-state index in [1.54, 1.807) is 11.8 Å². The standard InChI is InChI=1S/C21H25N5O2S/c1-29-21(14-27)4-6-25(7-5-21)20-22-11-16(12-23-20)15-2-3-17-18(10-15)26-8-9-28-13-19(26)24-17/h2-3,10-12,27H,4-9,13-14H2,1H3. The van der Waals surface area contributed by atoms with Crippen LogP contribution in [0.4, 0.5) is 5.95 Å². The first-order chi connectivity index (χ1) is 14.2. The molecule has 0 aliphatic carbocycles. The summed E-state index contributed by atoms with van der Waals surface area (Å²) in [5.41, 5.74) is 4.24. The second kappa shape index (κ2) is 7.59. The summed E-state index contributed by atoms with van der Waals surface area (Å²) in [6, 6.07) is 6.31. The minimum atomic E-state index is -0.0126. The van der Waals surface area contributed by atoms with Crippen molar-refractivity contribution in [3.8, 4) is 11.1 Å². The van der Waals surface area contributed by atoms with Gasteiger partial charge in [-0.1, -0.05) is 6.07 Å². The van der Waals surface area contributed by atoms with Crippen LogP contribution >= 0.6 is 11.8 Å². The highest BCUT2D eigenvalue weighted by molar-refractivity contribution is 8.00. The van der Waals surface area contributed by atoms with E-state index in [1.165, 1.54) is 0 Å². The van der Waals surface area contributed by atoms with Crippen LogP contribution in [0.25, 0.3) is 22.2 Å². The Hall–Kier alpha value is -2.16. The Labute approximate surface area is 174 Å². The number of thioether (sulfide) groups is 1. The third-order valence-corrected chi connectivity index (χ3v) is 7.57. The normalized spacial score (nSPS) is 18.8. The summed E-state index contributed by atoms with van der Waals surface area (Å²) >= 11 is 1.77. The van der Waals surface area contributed by atoms with Crippen molar-refractivity contribution >= 4 is 28.7 Å². The Kier molecular flexibility index (Phi) is 4.93. The molecule has 29 heavy (non-hydrogen) atoms. The average Bonchev–Trinajstić information content (AvgIpc) is 3.17. The topological polar surface area (TPSA) is 76.3 Å². The lowest BCUT2D eigenvalue weighted by atomic mass is 9.97. The van der Waals surface area contributed by atoms with Gasteiger partial charge in [0.15, 0.2) is 0 Å². The van der Waals surface area contributed by atoms with E-state index in [-0.39, 0.29) is 11.4 Å². The second-order valence-corrected chi connectivity index (χ2v) is 9.01. The lowest BCUT2D eigenvalue weighted by Gasteiger charge is -2.39. The van der Waals surface area contributed by atoms with Gasteiger partial charge in [-0.3, -0.25) is 0 Å². The third-order valence-electron chi connectivity index (χ3n) is 6.17. The Bertz CT molecular complexity index is 1010. The number of aromatic nitrogens is 4. The predicted octanol–water partition coefficient (Wildman–Crippen LogP) is 2.72. The molecule has 0 radical (unpaired) electrons. The number of anilines is 1. The van der Waals surface area contributed by atoms with Crippen LogP contribution in [-0.2, 0) is 17.9 Å². The van der Waals surface area contributed by atoms with Gasteiger partial charge in [-0.2, -0.15) is 11.8 Å². The first kappa shape index (κ1) is 18.8. The highest BCUT2D eigenvalue weighted by Crippen LogP contribution is 2.35. The van der Waals surface area contributed by atoms with Crippen LogP contribution in [0, 0.1) is 0 Å². The minimum Gasteiger partial charge on any atom is -0.395 e. The SMILES string of the molecule is CSC1(CO)CCN(c2ncc(-c3ccc4nc5n(c4c3)CCOC5)cn2)CC1. The van der Waals surface area contributed by atoms with Gasteiger partial charge in [0, 0.05) is 42.3 Å². The molecule has 1 fully saturated rings. The number of imidazole rings is 1. The van der Waals surface area contributed by atoms with E-state index in [2.05, 4.69) is 48.9 Å². The minimum absolute atomic E-state index is 0.0126. The van der Waals surface area contributed by atoms with Crippen LogP contribution < -0.4 is 4.90 Å². The molecule has 5 rings (SSSR count). The van der Waals surface area contributed by atoms with Gasteiger partial charge in [0.2, 0.25) is 5.95 Å². The van der Waals surface area contributed by atoms with E-state index < -0.39 is 0 Å². The van der Waals surface area contributed by atoms with Crippen molar-refractivity contribution in [3.63, 3.8) is 0 Å². The summed E-state index contributed by atoms with van der Waals surface area (Å²) in [6.45, 7) is 4.11. The second-order valence-electron chi connectivity index (χ2n) is 7.74. The van der Waals surface area contributed by atoms with E-state index >= 15 is 0 Å². The van der Waals surface area contributed by atoms with E-state index in [4.69, 9.17) is 4.74 Å². The molecule has 1 saturated heterocycles. The molecule has 0 atom stereocenters. The summed E-state index contributed by atoms with van der Waals surface area (Å²) in [5, 5.41) is 9.71. The van der Waals surface area contributed by atoms with Crippen molar-refractivity contribution in [2.75, 3.05) is 37.5 Å². The molecule has 0 amide bonds. The molecular formula is C21H25N5O2S. The largest absolute Gasteiger partial charge is 0.395 e. The maximum Gasteiger partial charge on any atom is 0.225 e. The van der Waals surface area contributed by atoms with Crippen LogP contribution in [-0.4, -0.2) is 61.9 Å². The van der Waals surface area contributed by atoms with Gasteiger partial charge in [0.05, 0.1) is 24.2 Å². The Morgan fingerprint density at radius 2 is 1.93 bits per heavy atom. The Balaban J connectivity index is 1.37. The third kappa shape index (κ3) is 3.39. The molecule has 152 valence electrons. The monoisotopic (exact) mass is 411 g/mol. The van der Waals surface area contributed by atoms with Crippen molar-refractivity contribution in [1.29, 1.82) is 0 Å². The van der Waals surface area contributed by atoms with E-state index in [0.717, 1.165) is 73.0 Å². The van der Waals surface area contributed by atoms with E-state index in [0.29, 0.717) is 6.61 Å². The molecule has 0 spiro atoms. The summed E-state index contributed by atoms with van der Waals surface area (Å²) in [6.07, 6.45) is 7.79. The van der Waals surface area contributed by atoms with Crippen molar-refractivity contribution in [1.82, 2.24) is 19.5 Å². The van der Waals surface area contributed by atoms with Crippen LogP contribution in [0.15, 0.2) is 30.6 Å². The lowest BCUT2D eigenvalue weighted by molar-refractivity contribution is 0.0830. The highest BCUT2D eigenvalue weighted by atomic mass is 32.2. The van der Waals surface area contributed by atoms with Crippen LogP contribution in [0.5, 0.6) is 0 Å². The molecular weight excluding hydrogens is 386 g/mol. The zero-order valence-corrected chi connectivity index (χ0v) is 17.4. The first-order valence-corrected chi connectivity index (χ1v) is 11.2. The molecule has 2 aliphatic rings.